The van der Waals surface area contributed by atoms with E-state index in [1.165, 1.54) is 12.3 Å². The van der Waals surface area contributed by atoms with Gasteiger partial charge in [0.2, 0.25) is 0 Å². The number of aliphatic hydroxyl groups is 1. The second-order valence-corrected chi connectivity index (χ2v) is 4.17. The molecule has 5 heteroatoms. The van der Waals surface area contributed by atoms with Crippen LogP contribution in [-0.4, -0.2) is 20.7 Å². The van der Waals surface area contributed by atoms with E-state index < -0.39 is 11.4 Å². The molecule has 0 bridgehead atoms. The molecule has 0 aliphatic heterocycles. The predicted octanol–water partition coefficient (Wildman–Crippen LogP) is 1.09. The van der Waals surface area contributed by atoms with Crippen LogP contribution in [0.5, 0.6) is 0 Å². The van der Waals surface area contributed by atoms with Gasteiger partial charge in [0.15, 0.2) is 5.43 Å². The van der Waals surface area contributed by atoms with Gasteiger partial charge in [-0.3, -0.25) is 4.79 Å². The van der Waals surface area contributed by atoms with E-state index in [1.54, 1.807) is 22.9 Å². The molecular weight excluding hydrogens is 246 g/mol. The average molecular weight is 259 g/mol. The van der Waals surface area contributed by atoms with Gasteiger partial charge >= 0.3 is 5.97 Å². The zero-order valence-corrected chi connectivity index (χ0v) is 10.1. The summed E-state index contributed by atoms with van der Waals surface area (Å²) >= 11 is 0. The fraction of sp³-hybridized carbons (Fsp3) is 0.143. The number of rotatable bonds is 4. The molecule has 2 N–H and O–H groups in total. The van der Waals surface area contributed by atoms with Crippen molar-refractivity contribution in [3.8, 4) is 0 Å². The van der Waals surface area contributed by atoms with Gasteiger partial charge in [-0.1, -0.05) is 24.3 Å². The van der Waals surface area contributed by atoms with E-state index in [2.05, 4.69) is 0 Å². The Morgan fingerprint density at radius 3 is 2.32 bits per heavy atom. The number of benzene rings is 1. The molecule has 2 rings (SSSR count). The molecule has 0 fully saturated rings. The summed E-state index contributed by atoms with van der Waals surface area (Å²) in [6.45, 7) is 0.452. The van der Waals surface area contributed by atoms with Crippen LogP contribution >= 0.6 is 0 Å². The van der Waals surface area contributed by atoms with Crippen molar-refractivity contribution in [2.24, 2.45) is 0 Å². The lowest BCUT2D eigenvalue weighted by molar-refractivity contribution is 0.0694. The number of aromatic carboxylic acids is 1. The highest BCUT2D eigenvalue weighted by Gasteiger charge is 2.08. The quantitative estimate of drug-likeness (QED) is 0.861. The van der Waals surface area contributed by atoms with Crippen LogP contribution in [0.25, 0.3) is 0 Å². The van der Waals surface area contributed by atoms with Gasteiger partial charge in [0.1, 0.15) is 5.56 Å². The van der Waals surface area contributed by atoms with Crippen LogP contribution in [0.2, 0.25) is 0 Å². The van der Waals surface area contributed by atoms with Gasteiger partial charge in [-0.25, -0.2) is 4.79 Å². The highest BCUT2D eigenvalue weighted by molar-refractivity contribution is 5.86. The van der Waals surface area contributed by atoms with Crippen molar-refractivity contribution in [3.05, 3.63) is 69.6 Å². The second-order valence-electron chi connectivity index (χ2n) is 4.17. The van der Waals surface area contributed by atoms with Gasteiger partial charge in [0.25, 0.3) is 0 Å². The number of carboxylic acids is 1. The molecule has 2 aromatic rings. The van der Waals surface area contributed by atoms with Crippen molar-refractivity contribution >= 4 is 5.97 Å². The molecule has 1 aromatic carbocycles. The third-order valence-corrected chi connectivity index (χ3v) is 2.78. The molecule has 19 heavy (non-hydrogen) atoms. The number of pyridine rings is 1. The Labute approximate surface area is 109 Å². The maximum absolute atomic E-state index is 11.3. The van der Waals surface area contributed by atoms with E-state index in [0.29, 0.717) is 6.54 Å². The van der Waals surface area contributed by atoms with Crippen LogP contribution in [0.1, 0.15) is 21.5 Å². The average Bonchev–Trinajstić information content (AvgIpc) is 2.41. The number of hydrogen-bond acceptors (Lipinski definition) is 3. The van der Waals surface area contributed by atoms with Gasteiger partial charge < -0.3 is 14.8 Å². The van der Waals surface area contributed by atoms with Gasteiger partial charge in [-0.15, -0.1) is 0 Å². The fourth-order valence-electron chi connectivity index (χ4n) is 1.75. The Balaban J connectivity index is 2.25. The zero-order valence-electron chi connectivity index (χ0n) is 10.1. The van der Waals surface area contributed by atoms with Gasteiger partial charge in [0, 0.05) is 25.0 Å². The molecule has 0 aliphatic rings. The number of nitrogens with zero attached hydrogens (tertiary/aromatic N) is 1. The Hall–Kier alpha value is -2.40. The number of aromatic nitrogens is 1. The van der Waals surface area contributed by atoms with Crippen molar-refractivity contribution in [3.63, 3.8) is 0 Å². The van der Waals surface area contributed by atoms with Crippen molar-refractivity contribution in [1.82, 2.24) is 4.57 Å². The van der Waals surface area contributed by atoms with Crippen molar-refractivity contribution in [2.75, 3.05) is 0 Å². The van der Waals surface area contributed by atoms with Crippen LogP contribution in [-0.2, 0) is 13.2 Å². The summed E-state index contributed by atoms with van der Waals surface area (Å²) in [4.78, 5) is 22.2. The Bertz CT molecular complexity index is 643. The van der Waals surface area contributed by atoms with E-state index >= 15 is 0 Å². The predicted molar refractivity (Wildman–Crippen MR) is 69.1 cm³/mol. The number of aliphatic hydroxyl groups excluding tert-OH is 1. The minimum atomic E-state index is -1.23. The summed E-state index contributed by atoms with van der Waals surface area (Å²) in [5, 5.41) is 17.8. The van der Waals surface area contributed by atoms with E-state index in [9.17, 15) is 9.59 Å². The number of carbonyl (C=O) groups is 1. The maximum Gasteiger partial charge on any atom is 0.341 e. The maximum atomic E-state index is 11.3. The monoisotopic (exact) mass is 259 g/mol. The largest absolute Gasteiger partial charge is 0.477 e. The van der Waals surface area contributed by atoms with Crippen LogP contribution < -0.4 is 5.43 Å². The first-order valence-electron chi connectivity index (χ1n) is 5.72. The topological polar surface area (TPSA) is 79.5 Å². The number of carboxylic acid groups (broad SMARTS) is 1. The lowest BCUT2D eigenvalue weighted by Crippen LogP contribution is -2.16. The number of hydrogen-bond donors (Lipinski definition) is 2. The normalized spacial score (nSPS) is 10.4. The molecular formula is C14H13NO4. The summed E-state index contributed by atoms with van der Waals surface area (Å²) in [5.41, 5.74) is 1.03. The Morgan fingerprint density at radius 1 is 1.11 bits per heavy atom. The second kappa shape index (κ2) is 5.49. The molecule has 0 saturated heterocycles. The fourth-order valence-corrected chi connectivity index (χ4v) is 1.75. The molecule has 1 aromatic heterocycles. The van der Waals surface area contributed by atoms with E-state index in [1.807, 2.05) is 12.1 Å². The summed E-state index contributed by atoms with van der Waals surface area (Å²) in [6, 6.07) is 8.55. The minimum Gasteiger partial charge on any atom is -0.477 e. The van der Waals surface area contributed by atoms with Gasteiger partial charge in [-0.2, -0.15) is 0 Å². The molecule has 0 atom stereocenters. The molecule has 5 nitrogen and oxygen atoms in total. The SMILES string of the molecule is O=C(O)c1cn(Cc2ccc(CO)cc2)ccc1=O. The molecule has 0 aliphatic carbocycles. The van der Waals surface area contributed by atoms with Gasteiger partial charge in [0.05, 0.1) is 6.61 Å². The summed E-state index contributed by atoms with van der Waals surface area (Å²) < 4.78 is 1.64. The molecule has 0 amide bonds. The Morgan fingerprint density at radius 2 is 1.74 bits per heavy atom. The highest BCUT2D eigenvalue weighted by Crippen LogP contribution is 2.06. The van der Waals surface area contributed by atoms with E-state index in [-0.39, 0.29) is 12.2 Å². The molecule has 0 saturated carbocycles. The van der Waals surface area contributed by atoms with E-state index in [0.717, 1.165) is 11.1 Å². The standard InChI is InChI=1S/C14H13NO4/c16-9-11-3-1-10(2-4-11)7-15-6-5-13(17)12(8-15)14(18)19/h1-6,8,16H,7,9H2,(H,18,19). The molecule has 1 heterocycles. The van der Waals surface area contributed by atoms with Crippen LogP contribution in [0, 0.1) is 0 Å². The van der Waals surface area contributed by atoms with Crippen LogP contribution in [0.4, 0.5) is 0 Å². The van der Waals surface area contributed by atoms with Crippen molar-refractivity contribution in [2.45, 2.75) is 13.2 Å². The minimum absolute atomic E-state index is 0.0124. The van der Waals surface area contributed by atoms with Crippen LogP contribution in [0.15, 0.2) is 47.5 Å². The van der Waals surface area contributed by atoms with Gasteiger partial charge in [-0.05, 0) is 11.1 Å². The molecule has 0 unspecified atom stereocenters. The third-order valence-electron chi connectivity index (χ3n) is 2.78. The molecule has 0 spiro atoms. The summed E-state index contributed by atoms with van der Waals surface area (Å²) in [5.74, 6) is -1.23. The first-order chi connectivity index (χ1) is 9.10. The molecule has 0 radical (unpaired) electrons. The third kappa shape index (κ3) is 3.08. The van der Waals surface area contributed by atoms with Crippen molar-refractivity contribution in [1.29, 1.82) is 0 Å². The first-order valence-corrected chi connectivity index (χ1v) is 5.72. The first kappa shape index (κ1) is 13.0. The van der Waals surface area contributed by atoms with E-state index in [4.69, 9.17) is 10.2 Å². The molecule has 98 valence electrons. The zero-order chi connectivity index (χ0) is 13.8. The smallest absolute Gasteiger partial charge is 0.341 e. The van der Waals surface area contributed by atoms with Crippen LogP contribution in [0.3, 0.4) is 0 Å². The van der Waals surface area contributed by atoms with Crippen molar-refractivity contribution < 1.29 is 15.0 Å². The lowest BCUT2D eigenvalue weighted by Gasteiger charge is -2.07. The summed E-state index contributed by atoms with van der Waals surface area (Å²) in [7, 11) is 0. The highest BCUT2D eigenvalue weighted by atomic mass is 16.4. The summed E-state index contributed by atoms with van der Waals surface area (Å²) in [6.07, 6.45) is 2.87. The lowest BCUT2D eigenvalue weighted by atomic mass is 10.1. The Kier molecular flexibility index (Phi) is 3.77.